The number of hydrogen-bond acceptors (Lipinski definition) is 3. The molecule has 1 saturated heterocycles. The Morgan fingerprint density at radius 2 is 2.21 bits per heavy atom. The van der Waals surface area contributed by atoms with E-state index in [0.717, 1.165) is 4.90 Å². The number of terminal acetylenes is 1. The summed E-state index contributed by atoms with van der Waals surface area (Å²) in [5.74, 6) is 0.628. The van der Waals surface area contributed by atoms with Gasteiger partial charge >= 0.3 is 5.97 Å². The molecule has 5 nitrogen and oxygen atoms in total. The highest BCUT2D eigenvalue weighted by molar-refractivity contribution is 5.85. The number of carboxylic acid groups (broad SMARTS) is 1. The van der Waals surface area contributed by atoms with Crippen LogP contribution in [0.2, 0.25) is 0 Å². The molecule has 0 radical (unpaired) electrons. The van der Waals surface area contributed by atoms with Gasteiger partial charge in [0.15, 0.2) is 0 Å². The van der Waals surface area contributed by atoms with Crippen LogP contribution in [-0.2, 0) is 9.59 Å². The molecule has 0 aliphatic carbocycles. The smallest absolute Gasteiger partial charge is 0.326 e. The maximum Gasteiger partial charge on any atom is 0.326 e. The van der Waals surface area contributed by atoms with E-state index in [1.54, 1.807) is 0 Å². The van der Waals surface area contributed by atoms with Crippen LogP contribution in [0.3, 0.4) is 0 Å². The molecule has 1 aliphatic rings. The van der Waals surface area contributed by atoms with Crippen LogP contribution in [0.4, 0.5) is 0 Å². The van der Waals surface area contributed by atoms with Gasteiger partial charge in [-0.05, 0) is 0 Å². The van der Waals surface area contributed by atoms with E-state index in [1.165, 1.54) is 0 Å². The minimum Gasteiger partial charge on any atom is -0.480 e. The number of carboxylic acids is 1. The maximum absolute atomic E-state index is 11.3. The fourth-order valence-electron chi connectivity index (χ4n) is 1.51. The Morgan fingerprint density at radius 1 is 1.57 bits per heavy atom. The first-order valence-corrected chi connectivity index (χ1v) is 4.20. The van der Waals surface area contributed by atoms with Crippen LogP contribution in [0, 0.1) is 12.3 Å². The van der Waals surface area contributed by atoms with Crippen LogP contribution in [0.25, 0.3) is 0 Å². The largest absolute Gasteiger partial charge is 0.480 e. The summed E-state index contributed by atoms with van der Waals surface area (Å²) >= 11 is 0. The second-order valence-corrected chi connectivity index (χ2v) is 3.17. The van der Waals surface area contributed by atoms with E-state index in [1.807, 2.05) is 0 Å². The molecule has 5 heteroatoms. The number of aliphatic hydroxyl groups excluding tert-OH is 1. The second-order valence-electron chi connectivity index (χ2n) is 3.17. The average Bonchev–Trinajstić information content (AvgIpc) is 2.48. The van der Waals surface area contributed by atoms with Gasteiger partial charge in [-0.1, -0.05) is 5.92 Å². The van der Waals surface area contributed by atoms with E-state index in [2.05, 4.69) is 5.92 Å². The topological polar surface area (TPSA) is 77.8 Å². The summed E-state index contributed by atoms with van der Waals surface area (Å²) < 4.78 is 0. The molecule has 0 unspecified atom stereocenters. The van der Waals surface area contributed by atoms with Gasteiger partial charge in [-0.3, -0.25) is 4.79 Å². The molecule has 0 aromatic rings. The zero-order chi connectivity index (χ0) is 10.7. The normalized spacial score (nSPS) is 25.9. The summed E-state index contributed by atoms with van der Waals surface area (Å²) in [5, 5.41) is 18.0. The first-order chi connectivity index (χ1) is 6.56. The van der Waals surface area contributed by atoms with Crippen molar-refractivity contribution in [3.05, 3.63) is 0 Å². The number of carbonyl (C=O) groups is 2. The van der Waals surface area contributed by atoms with E-state index in [9.17, 15) is 14.7 Å². The molecule has 0 bridgehead atoms. The third-order valence-electron chi connectivity index (χ3n) is 2.14. The number of aliphatic hydroxyl groups is 1. The Kier molecular flexibility index (Phi) is 3.10. The molecule has 14 heavy (non-hydrogen) atoms. The maximum atomic E-state index is 11.3. The van der Waals surface area contributed by atoms with Gasteiger partial charge in [-0.15, -0.1) is 6.42 Å². The molecule has 0 aromatic heterocycles. The van der Waals surface area contributed by atoms with Gasteiger partial charge in [0.25, 0.3) is 0 Å². The van der Waals surface area contributed by atoms with Crippen LogP contribution in [0.1, 0.15) is 12.8 Å². The zero-order valence-corrected chi connectivity index (χ0v) is 7.51. The Bertz CT molecular complexity index is 294. The molecule has 2 atom stereocenters. The third-order valence-corrected chi connectivity index (χ3v) is 2.14. The first kappa shape index (κ1) is 10.5. The lowest BCUT2D eigenvalue weighted by molar-refractivity contribution is -0.147. The monoisotopic (exact) mass is 197 g/mol. The number of amides is 1. The van der Waals surface area contributed by atoms with Crippen molar-refractivity contribution in [1.82, 2.24) is 4.90 Å². The predicted molar refractivity (Wildman–Crippen MR) is 47.2 cm³/mol. The van der Waals surface area contributed by atoms with E-state index in [0.29, 0.717) is 0 Å². The molecule has 1 heterocycles. The van der Waals surface area contributed by atoms with Crippen LogP contribution in [0.5, 0.6) is 0 Å². The molecular formula is C9H11NO4. The second kappa shape index (κ2) is 4.11. The Balaban J connectivity index is 2.72. The van der Waals surface area contributed by atoms with Crippen molar-refractivity contribution in [3.8, 4) is 12.3 Å². The van der Waals surface area contributed by atoms with Crippen molar-refractivity contribution in [2.75, 3.05) is 6.54 Å². The summed E-state index contributed by atoms with van der Waals surface area (Å²) in [6.45, 7) is 0.0531. The van der Waals surface area contributed by atoms with Crippen molar-refractivity contribution in [1.29, 1.82) is 0 Å². The van der Waals surface area contributed by atoms with Gasteiger partial charge in [0.1, 0.15) is 6.04 Å². The molecule has 0 saturated carbocycles. The van der Waals surface area contributed by atoms with E-state index in [4.69, 9.17) is 11.5 Å². The average molecular weight is 197 g/mol. The van der Waals surface area contributed by atoms with Crippen molar-refractivity contribution < 1.29 is 19.8 Å². The molecule has 1 amide bonds. The number of β-amino-alcohol motifs (C(OH)–C–C–N with tert-alkyl or cyclic N) is 1. The molecular weight excluding hydrogens is 186 g/mol. The predicted octanol–water partition coefficient (Wildman–Crippen LogP) is -0.944. The standard InChI is InChI=1S/C9H11NO4/c1-2-3-8(12)10-5-6(11)4-7(10)9(13)14/h1,6-7,11H,3-5H2,(H,13,14)/t6-,7+/m1/s1. The molecule has 76 valence electrons. The summed E-state index contributed by atoms with van der Waals surface area (Å²) in [7, 11) is 0. The highest BCUT2D eigenvalue weighted by Gasteiger charge is 2.38. The summed E-state index contributed by atoms with van der Waals surface area (Å²) in [5.41, 5.74) is 0. The minimum absolute atomic E-state index is 0.0531. The SMILES string of the molecule is C#CCC(=O)N1C[C@H](O)C[C@H]1C(=O)O. The quantitative estimate of drug-likeness (QED) is 0.560. The highest BCUT2D eigenvalue weighted by Crippen LogP contribution is 2.18. The summed E-state index contributed by atoms with van der Waals surface area (Å²) in [6.07, 6.45) is 4.13. The zero-order valence-electron chi connectivity index (χ0n) is 7.51. The third kappa shape index (κ3) is 2.03. The minimum atomic E-state index is -1.10. The molecule has 0 aromatic carbocycles. The number of rotatable bonds is 2. The Morgan fingerprint density at radius 3 is 2.71 bits per heavy atom. The van der Waals surface area contributed by atoms with E-state index < -0.39 is 24.0 Å². The van der Waals surface area contributed by atoms with Crippen molar-refractivity contribution >= 4 is 11.9 Å². The fraction of sp³-hybridized carbons (Fsp3) is 0.556. The first-order valence-electron chi connectivity index (χ1n) is 4.20. The number of nitrogens with zero attached hydrogens (tertiary/aromatic N) is 1. The lowest BCUT2D eigenvalue weighted by atomic mass is 10.2. The molecule has 0 spiro atoms. The number of likely N-dealkylation sites (tertiary alicyclic amines) is 1. The number of carbonyl (C=O) groups excluding carboxylic acids is 1. The lowest BCUT2D eigenvalue weighted by Gasteiger charge is -2.19. The molecule has 2 N–H and O–H groups in total. The fourth-order valence-corrected chi connectivity index (χ4v) is 1.51. The van der Waals surface area contributed by atoms with Crippen molar-refractivity contribution in [3.63, 3.8) is 0 Å². The molecule has 1 aliphatic heterocycles. The van der Waals surface area contributed by atoms with E-state index in [-0.39, 0.29) is 19.4 Å². The van der Waals surface area contributed by atoms with Crippen LogP contribution < -0.4 is 0 Å². The molecule has 1 rings (SSSR count). The summed E-state index contributed by atoms with van der Waals surface area (Å²) in [4.78, 5) is 23.1. The van der Waals surface area contributed by atoms with Gasteiger partial charge in [-0.25, -0.2) is 4.79 Å². The van der Waals surface area contributed by atoms with Crippen LogP contribution in [-0.4, -0.2) is 45.7 Å². The van der Waals surface area contributed by atoms with Crippen molar-refractivity contribution in [2.24, 2.45) is 0 Å². The van der Waals surface area contributed by atoms with Gasteiger partial charge < -0.3 is 15.1 Å². The van der Waals surface area contributed by atoms with Gasteiger partial charge in [0.2, 0.25) is 5.91 Å². The van der Waals surface area contributed by atoms with Gasteiger partial charge in [-0.2, -0.15) is 0 Å². The van der Waals surface area contributed by atoms with Crippen molar-refractivity contribution in [2.45, 2.75) is 25.0 Å². The molecule has 1 fully saturated rings. The Hall–Kier alpha value is -1.54. The lowest BCUT2D eigenvalue weighted by Crippen LogP contribution is -2.40. The van der Waals surface area contributed by atoms with Gasteiger partial charge in [0.05, 0.1) is 12.5 Å². The van der Waals surface area contributed by atoms with Crippen LogP contribution >= 0.6 is 0 Å². The Labute approximate surface area is 81.3 Å². The number of aliphatic carboxylic acids is 1. The highest BCUT2D eigenvalue weighted by atomic mass is 16.4. The number of hydrogen-bond donors (Lipinski definition) is 2. The van der Waals surface area contributed by atoms with Crippen LogP contribution in [0.15, 0.2) is 0 Å². The van der Waals surface area contributed by atoms with Gasteiger partial charge in [0, 0.05) is 13.0 Å². The summed E-state index contributed by atoms with van der Waals surface area (Å²) in [6, 6.07) is -0.939. The van der Waals surface area contributed by atoms with E-state index >= 15 is 0 Å².